The largest absolute Gasteiger partial charge is 0.354 e. The number of rotatable bonds is 13. The van der Waals surface area contributed by atoms with Gasteiger partial charge in [0.15, 0.2) is 0 Å². The molecule has 40 heavy (non-hydrogen) atoms. The predicted octanol–water partition coefficient (Wildman–Crippen LogP) is 6.08. The highest BCUT2D eigenvalue weighted by Gasteiger charge is 2.33. The number of carbonyl (C=O) groups excluding carboxylic acids is 2. The van der Waals surface area contributed by atoms with Crippen molar-refractivity contribution in [3.8, 4) is 0 Å². The van der Waals surface area contributed by atoms with Crippen molar-refractivity contribution >= 4 is 66.7 Å². The van der Waals surface area contributed by atoms with Gasteiger partial charge in [-0.1, -0.05) is 85.1 Å². The van der Waals surface area contributed by atoms with E-state index in [9.17, 15) is 18.0 Å². The van der Waals surface area contributed by atoms with Crippen LogP contribution in [0.3, 0.4) is 0 Å². The second-order valence-corrected chi connectivity index (χ2v) is 12.9. The Morgan fingerprint density at radius 3 is 2.30 bits per heavy atom. The molecule has 11 heteroatoms. The van der Waals surface area contributed by atoms with E-state index in [-0.39, 0.29) is 18.9 Å². The molecule has 3 rings (SSSR count). The molecule has 214 valence electrons. The molecule has 0 aliphatic heterocycles. The van der Waals surface area contributed by atoms with E-state index in [1.807, 2.05) is 37.3 Å². The van der Waals surface area contributed by atoms with Crippen LogP contribution < -0.4 is 9.62 Å². The van der Waals surface area contributed by atoms with Crippen molar-refractivity contribution in [1.29, 1.82) is 0 Å². The summed E-state index contributed by atoms with van der Waals surface area (Å²) in [6.07, 6.45) is 2.94. The molecule has 0 fully saturated rings. The van der Waals surface area contributed by atoms with Crippen LogP contribution in [-0.4, -0.2) is 50.5 Å². The van der Waals surface area contributed by atoms with Crippen LogP contribution in [0.2, 0.25) is 10.0 Å². The lowest BCUT2D eigenvalue weighted by molar-refractivity contribution is -0.140. The minimum atomic E-state index is -3.87. The first kappa shape index (κ1) is 31.9. The third-order valence-corrected chi connectivity index (χ3v) is 8.64. The van der Waals surface area contributed by atoms with E-state index in [1.165, 1.54) is 4.90 Å². The highest BCUT2D eigenvalue weighted by molar-refractivity contribution is 9.10. The Kier molecular flexibility index (Phi) is 11.9. The summed E-state index contributed by atoms with van der Waals surface area (Å²) in [4.78, 5) is 29.1. The summed E-state index contributed by atoms with van der Waals surface area (Å²) in [7, 11) is -3.87. The Morgan fingerprint density at radius 2 is 1.68 bits per heavy atom. The molecule has 0 saturated carbocycles. The molecule has 1 atom stereocenters. The molecule has 0 radical (unpaired) electrons. The average molecular weight is 669 g/mol. The maximum atomic E-state index is 14.1. The summed E-state index contributed by atoms with van der Waals surface area (Å²) >= 11 is 16.0. The van der Waals surface area contributed by atoms with Crippen molar-refractivity contribution in [2.45, 2.75) is 38.8 Å². The van der Waals surface area contributed by atoms with Gasteiger partial charge in [0.1, 0.15) is 12.6 Å². The number of nitrogens with zero attached hydrogens (tertiary/aromatic N) is 2. The SMILES string of the molecule is CCCCNC(=O)[C@@H](Cc1ccccc1)N(Cc1ccc(Cl)cc1Cl)C(=O)CN(c1ccccc1Br)S(C)(=O)=O. The first-order valence-corrected chi connectivity index (χ1v) is 16.2. The molecule has 7 nitrogen and oxygen atoms in total. The lowest BCUT2D eigenvalue weighted by Crippen LogP contribution is -2.53. The number of para-hydroxylation sites is 1. The van der Waals surface area contributed by atoms with Crippen molar-refractivity contribution in [1.82, 2.24) is 10.2 Å². The van der Waals surface area contributed by atoms with Crippen LogP contribution in [0.15, 0.2) is 77.3 Å². The lowest BCUT2D eigenvalue weighted by Gasteiger charge is -2.34. The molecule has 0 aliphatic rings. The molecule has 0 bridgehead atoms. The van der Waals surface area contributed by atoms with Gasteiger partial charge in [0.05, 0.1) is 11.9 Å². The molecule has 0 spiro atoms. The van der Waals surface area contributed by atoms with Gasteiger partial charge in [-0.2, -0.15) is 0 Å². The Morgan fingerprint density at radius 1 is 1.00 bits per heavy atom. The van der Waals surface area contributed by atoms with Crippen LogP contribution in [-0.2, 0) is 32.6 Å². The third-order valence-electron chi connectivity index (χ3n) is 6.26. The van der Waals surface area contributed by atoms with E-state index in [0.717, 1.165) is 29.0 Å². The van der Waals surface area contributed by atoms with Crippen LogP contribution in [0.5, 0.6) is 0 Å². The minimum Gasteiger partial charge on any atom is -0.354 e. The standard InChI is InChI=1S/C29H32BrCl2N3O4S/c1-3-4-16-33-29(37)27(17-21-10-6-5-7-11-21)34(19-22-14-15-23(31)18-25(22)32)28(36)20-35(40(2,38)39)26-13-9-8-12-24(26)30/h5-15,18,27H,3-4,16-17,19-20H2,1-2H3,(H,33,37)/t27-/m1/s1. The maximum Gasteiger partial charge on any atom is 0.244 e. The second kappa shape index (κ2) is 14.9. The van der Waals surface area contributed by atoms with Crippen LogP contribution in [0.1, 0.15) is 30.9 Å². The van der Waals surface area contributed by atoms with E-state index in [0.29, 0.717) is 32.3 Å². The molecule has 0 aliphatic carbocycles. The van der Waals surface area contributed by atoms with Gasteiger partial charge in [0.25, 0.3) is 0 Å². The fourth-order valence-electron chi connectivity index (χ4n) is 4.14. The fraction of sp³-hybridized carbons (Fsp3) is 0.310. The summed E-state index contributed by atoms with van der Waals surface area (Å²) in [5, 5.41) is 3.71. The van der Waals surface area contributed by atoms with Crippen molar-refractivity contribution < 1.29 is 18.0 Å². The number of hydrogen-bond donors (Lipinski definition) is 1. The number of hydrogen-bond acceptors (Lipinski definition) is 4. The maximum absolute atomic E-state index is 14.1. The smallest absolute Gasteiger partial charge is 0.244 e. The van der Waals surface area contributed by atoms with Crippen LogP contribution >= 0.6 is 39.1 Å². The van der Waals surface area contributed by atoms with E-state index in [4.69, 9.17) is 23.2 Å². The molecule has 3 aromatic rings. The predicted molar refractivity (Wildman–Crippen MR) is 165 cm³/mol. The number of nitrogens with one attached hydrogen (secondary N) is 1. The number of sulfonamides is 1. The Hall–Kier alpha value is -2.59. The van der Waals surface area contributed by atoms with Crippen LogP contribution in [0, 0.1) is 0 Å². The lowest BCUT2D eigenvalue weighted by atomic mass is 10.0. The summed E-state index contributed by atoms with van der Waals surface area (Å²) in [6.45, 7) is 1.94. The highest BCUT2D eigenvalue weighted by atomic mass is 79.9. The number of unbranched alkanes of at least 4 members (excludes halogenated alkanes) is 1. The van der Waals surface area contributed by atoms with Crippen molar-refractivity contribution in [2.24, 2.45) is 0 Å². The molecule has 1 N–H and O–H groups in total. The molecule has 2 amide bonds. The summed E-state index contributed by atoms with van der Waals surface area (Å²) < 4.78 is 27.3. The number of carbonyl (C=O) groups is 2. The molecule has 0 heterocycles. The molecule has 0 saturated heterocycles. The minimum absolute atomic E-state index is 0.0267. The van der Waals surface area contributed by atoms with Crippen molar-refractivity contribution in [3.63, 3.8) is 0 Å². The van der Waals surface area contributed by atoms with Gasteiger partial charge < -0.3 is 10.2 Å². The zero-order chi connectivity index (χ0) is 29.3. The summed E-state index contributed by atoms with van der Waals surface area (Å²) in [5.41, 5.74) is 1.74. The van der Waals surface area contributed by atoms with Gasteiger partial charge in [-0.3, -0.25) is 13.9 Å². The van der Waals surface area contributed by atoms with Gasteiger partial charge in [-0.25, -0.2) is 8.42 Å². The number of benzene rings is 3. The molecule has 3 aromatic carbocycles. The van der Waals surface area contributed by atoms with E-state index >= 15 is 0 Å². The van der Waals surface area contributed by atoms with Crippen LogP contribution in [0.25, 0.3) is 0 Å². The Bertz CT molecular complexity index is 1420. The normalized spacial score (nSPS) is 12.0. The van der Waals surface area contributed by atoms with Crippen molar-refractivity contribution in [2.75, 3.05) is 23.7 Å². The average Bonchev–Trinajstić information content (AvgIpc) is 2.91. The molecule has 0 unspecified atom stereocenters. The molecular formula is C29H32BrCl2N3O4S. The Labute approximate surface area is 254 Å². The fourth-order valence-corrected chi connectivity index (χ4v) is 6.09. The topological polar surface area (TPSA) is 86.8 Å². The van der Waals surface area contributed by atoms with Gasteiger partial charge >= 0.3 is 0 Å². The quantitative estimate of drug-likeness (QED) is 0.224. The zero-order valence-corrected chi connectivity index (χ0v) is 26.2. The molecular weight excluding hydrogens is 637 g/mol. The zero-order valence-electron chi connectivity index (χ0n) is 22.3. The van der Waals surface area contributed by atoms with E-state index in [1.54, 1.807) is 42.5 Å². The van der Waals surface area contributed by atoms with E-state index in [2.05, 4.69) is 21.2 Å². The first-order chi connectivity index (χ1) is 19.0. The van der Waals surface area contributed by atoms with Gasteiger partial charge in [0, 0.05) is 34.0 Å². The van der Waals surface area contributed by atoms with Gasteiger partial charge in [0.2, 0.25) is 21.8 Å². The third kappa shape index (κ3) is 8.96. The highest BCUT2D eigenvalue weighted by Crippen LogP contribution is 2.29. The summed E-state index contributed by atoms with van der Waals surface area (Å²) in [6, 6.07) is 20.1. The van der Waals surface area contributed by atoms with Crippen LogP contribution in [0.4, 0.5) is 5.69 Å². The number of amides is 2. The number of halogens is 3. The van der Waals surface area contributed by atoms with Gasteiger partial charge in [-0.15, -0.1) is 0 Å². The van der Waals surface area contributed by atoms with Gasteiger partial charge in [-0.05, 0) is 57.7 Å². The Balaban J connectivity index is 2.07. The van der Waals surface area contributed by atoms with E-state index < -0.39 is 28.5 Å². The van der Waals surface area contributed by atoms with Crippen molar-refractivity contribution in [3.05, 3.63) is 98.4 Å². The number of anilines is 1. The first-order valence-electron chi connectivity index (χ1n) is 12.8. The monoisotopic (exact) mass is 667 g/mol. The summed E-state index contributed by atoms with van der Waals surface area (Å²) in [5.74, 6) is -0.888. The molecule has 0 aromatic heterocycles. The second-order valence-electron chi connectivity index (χ2n) is 9.33.